The maximum atomic E-state index is 7.32. The molecule has 0 N–H and O–H groups in total. The van der Waals surface area contributed by atoms with E-state index < -0.39 is 12.1 Å². The molecule has 25 rings (SSSR count). The van der Waals surface area contributed by atoms with E-state index in [0.717, 1.165) is 216 Å². The maximum Gasteiger partial charge on any atom is 0.252 e. The number of furan rings is 4. The summed E-state index contributed by atoms with van der Waals surface area (Å²) in [5.74, 6) is 0. The molecule has 4 aromatic heterocycles. The van der Waals surface area contributed by atoms with E-state index >= 15 is 0 Å². The normalized spacial score (nSPS) is 14.1. The molecule has 2 aliphatic heterocycles. The molecule has 6 nitrogen and oxygen atoms in total. The summed E-state index contributed by atoms with van der Waals surface area (Å²) in [6, 6.07) is 144. The van der Waals surface area contributed by atoms with Crippen molar-refractivity contribution in [2.75, 3.05) is 9.80 Å². The average Bonchev–Trinajstić information content (AvgIpc) is 1.05. The second-order valence-electron chi connectivity index (χ2n) is 33.5. The summed E-state index contributed by atoms with van der Waals surface area (Å²) >= 11 is 0. The number of anilines is 6. The van der Waals surface area contributed by atoms with Crippen LogP contribution in [-0.2, 0) is 10.8 Å². The van der Waals surface area contributed by atoms with Gasteiger partial charge < -0.3 is 27.5 Å². The quantitative estimate of drug-likeness (QED) is 0.127. The van der Waals surface area contributed by atoms with Gasteiger partial charge in [-0.15, -0.1) is 0 Å². The van der Waals surface area contributed by atoms with Crippen molar-refractivity contribution in [3.05, 3.63) is 416 Å². The molecule has 562 valence electrons. The van der Waals surface area contributed by atoms with Gasteiger partial charge in [-0.2, -0.15) is 0 Å². The lowest BCUT2D eigenvalue weighted by molar-refractivity contribution is 0.590. The summed E-state index contributed by atoms with van der Waals surface area (Å²) in [4.78, 5) is 5.36. The van der Waals surface area contributed by atoms with E-state index in [4.69, 9.17) is 17.7 Å². The molecule has 18 aromatic carbocycles. The van der Waals surface area contributed by atoms with Crippen molar-refractivity contribution in [3.8, 4) is 77.9 Å². The van der Waals surface area contributed by atoms with Crippen LogP contribution >= 0.6 is 0 Å². The van der Waals surface area contributed by atoms with Crippen LogP contribution in [0.5, 0.6) is 0 Å². The van der Waals surface area contributed by atoms with Crippen molar-refractivity contribution < 1.29 is 17.7 Å². The van der Waals surface area contributed by atoms with E-state index in [1.807, 2.05) is 0 Å². The Morgan fingerprint density at radius 3 is 0.983 bits per heavy atom. The molecule has 0 radical (unpaired) electrons. The molecule has 120 heavy (non-hydrogen) atoms. The molecule has 3 aliphatic rings. The summed E-state index contributed by atoms with van der Waals surface area (Å²) in [5, 5.41) is 8.37. The fraction of sp³-hybridized carbons (Fsp3) is 0.0442. The molecule has 22 aromatic rings. The Labute approximate surface area is 693 Å². The Hall–Kier alpha value is -15.2. The van der Waals surface area contributed by atoms with Crippen molar-refractivity contribution in [2.45, 2.75) is 31.6 Å². The number of para-hydroxylation sites is 10. The minimum Gasteiger partial charge on any atom is -0.455 e. The molecule has 1 aliphatic carbocycles. The Bertz CT molecular complexity index is 7400. The minimum absolute atomic E-state index is 0.162. The lowest BCUT2D eigenvalue weighted by Gasteiger charge is -2.47. The average molecular weight is 1530 g/mol. The smallest absolute Gasteiger partial charge is 0.252 e. The van der Waals surface area contributed by atoms with Crippen LogP contribution in [0.25, 0.3) is 166 Å². The molecule has 0 saturated carbocycles. The molecule has 0 fully saturated rings. The van der Waals surface area contributed by atoms with Gasteiger partial charge in [0.2, 0.25) is 0 Å². The number of hydrogen-bond donors (Lipinski definition) is 0. The molecule has 1 unspecified atom stereocenters. The van der Waals surface area contributed by atoms with Crippen LogP contribution in [0.3, 0.4) is 0 Å². The van der Waals surface area contributed by atoms with Gasteiger partial charge in [0.25, 0.3) is 6.71 Å². The van der Waals surface area contributed by atoms with Gasteiger partial charge in [0.15, 0.2) is 0 Å². The highest BCUT2D eigenvalue weighted by molar-refractivity contribution is 7.00. The fourth-order valence-electron chi connectivity index (χ4n) is 20.8. The predicted octanol–water partition coefficient (Wildman–Crippen LogP) is 29.0. The van der Waals surface area contributed by atoms with Gasteiger partial charge in [-0.1, -0.05) is 360 Å². The first kappa shape index (κ1) is 68.1. The first-order valence-electron chi connectivity index (χ1n) is 41.5. The molecule has 0 amide bonds. The van der Waals surface area contributed by atoms with Gasteiger partial charge in [-0.25, -0.2) is 0 Å². The van der Waals surface area contributed by atoms with Crippen LogP contribution in [0.15, 0.2) is 406 Å². The van der Waals surface area contributed by atoms with Crippen molar-refractivity contribution in [1.82, 2.24) is 0 Å². The van der Waals surface area contributed by atoms with Gasteiger partial charge in [-0.3, -0.25) is 0 Å². The van der Waals surface area contributed by atoms with Crippen molar-refractivity contribution >= 4 is 145 Å². The Kier molecular flexibility index (Phi) is 14.7. The van der Waals surface area contributed by atoms with E-state index in [9.17, 15) is 0 Å². The highest BCUT2D eigenvalue weighted by atomic mass is 16.3. The maximum absolute atomic E-state index is 7.32. The Morgan fingerprint density at radius 1 is 0.242 bits per heavy atom. The lowest BCUT2D eigenvalue weighted by Crippen LogP contribution is -2.61. The van der Waals surface area contributed by atoms with E-state index in [2.05, 4.69) is 419 Å². The second kappa shape index (κ2) is 25.9. The topological polar surface area (TPSA) is 59.0 Å². The summed E-state index contributed by atoms with van der Waals surface area (Å²) in [7, 11) is 0. The number of hydrogen-bond acceptors (Lipinski definition) is 6. The van der Waals surface area contributed by atoms with Crippen LogP contribution in [0.1, 0.15) is 48.6 Å². The van der Waals surface area contributed by atoms with Crippen LogP contribution in [0.4, 0.5) is 34.1 Å². The van der Waals surface area contributed by atoms with E-state index in [-0.39, 0.29) is 5.41 Å². The van der Waals surface area contributed by atoms with Crippen LogP contribution in [0, 0.1) is 0 Å². The number of fused-ring (bicyclic) bond motifs is 19. The predicted molar refractivity (Wildman–Crippen MR) is 498 cm³/mol. The zero-order chi connectivity index (χ0) is 79.2. The highest BCUT2D eigenvalue weighted by Crippen LogP contribution is 2.62. The lowest BCUT2D eigenvalue weighted by atomic mass is 9.33. The highest BCUT2D eigenvalue weighted by Gasteiger charge is 2.51. The zero-order valence-corrected chi connectivity index (χ0v) is 66.1. The number of nitrogens with zero attached hydrogens (tertiary/aromatic N) is 2. The standard InChI is InChI=1S/C113H73BN2O4/c1-112(2,3)73-59-60-94-92(65-73)75-35-13-18-52-93(75)113(94,72-33-11-6-12-34-72)74-66-99-105-100(67-74)116(107-82(90-50-27-46-86-78-38-16-21-55-103(78)119-110(86)90)42-24-43-83(107)91-51-28-47-87-79-39-17-22-56-104(79)120-111(87)91)98-62-58-71(69-31-9-5-10-32-69)64-96(98)114(105)95-63-70(68-29-7-4-8-30-68)57-61-97(95)115(99)106-80(88-48-25-44-84-76-36-14-19-53-101(76)117-108(84)88)40-23-41-81(106)89-49-26-45-85-77-37-15-20-54-102(77)118-109(85)89/h4-67H,1-3H3. The van der Waals surface area contributed by atoms with Crippen molar-refractivity contribution in [3.63, 3.8) is 0 Å². The second-order valence-corrected chi connectivity index (χ2v) is 33.5. The molecule has 1 atom stereocenters. The fourth-order valence-corrected chi connectivity index (χ4v) is 20.8. The third-order valence-corrected chi connectivity index (χ3v) is 26.1. The third-order valence-electron chi connectivity index (χ3n) is 26.1. The van der Waals surface area contributed by atoms with Gasteiger partial charge >= 0.3 is 0 Å². The molecule has 0 spiro atoms. The SMILES string of the molecule is CC(C)(C)c1ccc2c(c1)-c1ccccc1C2(c1ccccc1)c1cc2c3c(c1)N(c1c(-c4cccc5c4oc4ccccc45)cccc1-c1cccc4c1oc1ccccc14)c1ccc(-c4ccccc4)cc1B3c1cc(-c3ccccc3)ccc1N2c1c(-c2cccc3c2oc2ccccc23)cccc1-c1cccc2c1oc1ccccc12. The number of benzene rings is 18. The van der Waals surface area contributed by atoms with Gasteiger partial charge in [-0.05, 0) is 132 Å². The van der Waals surface area contributed by atoms with E-state index in [1.165, 1.54) is 27.8 Å². The monoisotopic (exact) mass is 1530 g/mol. The molecule has 6 heterocycles. The largest absolute Gasteiger partial charge is 0.455 e. The van der Waals surface area contributed by atoms with E-state index in [0.29, 0.717) is 0 Å². The van der Waals surface area contributed by atoms with Crippen LogP contribution < -0.4 is 26.2 Å². The van der Waals surface area contributed by atoms with Gasteiger partial charge in [0.05, 0.1) is 16.8 Å². The van der Waals surface area contributed by atoms with E-state index in [1.54, 1.807) is 0 Å². The molecular weight excluding hydrogens is 1460 g/mol. The molecule has 0 saturated heterocycles. The molecular formula is C113H73BN2O4. The van der Waals surface area contributed by atoms with Crippen molar-refractivity contribution in [2.24, 2.45) is 0 Å². The first-order valence-corrected chi connectivity index (χ1v) is 41.5. The van der Waals surface area contributed by atoms with Gasteiger partial charge in [0, 0.05) is 110 Å². The minimum atomic E-state index is -0.957. The summed E-state index contributed by atoms with van der Waals surface area (Å²) in [5.41, 5.74) is 35.4. The number of rotatable bonds is 10. The molecule has 0 bridgehead atoms. The summed E-state index contributed by atoms with van der Waals surface area (Å²) in [6.45, 7) is 6.58. The summed E-state index contributed by atoms with van der Waals surface area (Å²) in [6.07, 6.45) is 0. The molecule has 7 heteroatoms. The summed E-state index contributed by atoms with van der Waals surface area (Å²) < 4.78 is 29.3. The Balaban J connectivity index is 0.902. The van der Waals surface area contributed by atoms with Crippen LogP contribution in [0.2, 0.25) is 0 Å². The van der Waals surface area contributed by atoms with Crippen molar-refractivity contribution in [1.29, 1.82) is 0 Å². The van der Waals surface area contributed by atoms with Crippen LogP contribution in [-0.4, -0.2) is 6.71 Å². The van der Waals surface area contributed by atoms with Gasteiger partial charge in [0.1, 0.15) is 44.7 Å². The zero-order valence-electron chi connectivity index (χ0n) is 66.1. The first-order chi connectivity index (χ1) is 59.2. The third kappa shape index (κ3) is 9.86. The Morgan fingerprint density at radius 2 is 0.575 bits per heavy atom.